The van der Waals surface area contributed by atoms with Gasteiger partial charge in [0.1, 0.15) is 17.2 Å². The number of carbonyl (C=O) groups excluding carboxylic acids is 2. The van der Waals surface area contributed by atoms with Gasteiger partial charge in [-0.05, 0) is 56.5 Å². The Kier molecular flexibility index (Phi) is 6.44. The molecule has 1 N–H and O–H groups in total. The molecular weight excluding hydrogens is 387 g/mol. The minimum atomic E-state index is -0.539. The molecular formula is C22H25FN4O3. The van der Waals surface area contributed by atoms with Crippen molar-refractivity contribution in [3.8, 4) is 0 Å². The van der Waals surface area contributed by atoms with Crippen LogP contribution in [-0.2, 0) is 16.0 Å². The molecule has 3 rings (SSSR count). The van der Waals surface area contributed by atoms with Crippen molar-refractivity contribution in [1.29, 1.82) is 0 Å². The number of hydrogen-bond donors (Lipinski definition) is 1. The van der Waals surface area contributed by atoms with Crippen molar-refractivity contribution in [3.63, 3.8) is 0 Å². The molecule has 0 aliphatic carbocycles. The molecule has 0 unspecified atom stereocenters. The Balaban J connectivity index is 1.58. The minimum Gasteiger partial charge on any atom is -0.444 e. The monoisotopic (exact) mass is 412 g/mol. The Morgan fingerprint density at radius 3 is 2.60 bits per heavy atom. The molecule has 2 aromatic heterocycles. The number of ether oxygens (including phenoxy) is 1. The average molecular weight is 412 g/mol. The first-order valence-corrected chi connectivity index (χ1v) is 9.73. The summed E-state index contributed by atoms with van der Waals surface area (Å²) >= 11 is 0. The number of nitrogens with one attached hydrogen (secondary N) is 1. The Labute approximate surface area is 175 Å². The van der Waals surface area contributed by atoms with Crippen LogP contribution in [0, 0.1) is 5.82 Å². The molecule has 0 atom stereocenters. The standard InChI is InChI=1S/C22H25FN4O3/c1-22(2,3)30-21(29)27-10-4-5-16(14-27)18-8-6-15(12-24-18)11-20(28)26-19-9-7-17(23)13-25-19/h5-9,12-13H,4,10-11,14H2,1-3H3,(H,25,26,28). The second-order valence-electron chi connectivity index (χ2n) is 8.06. The lowest BCUT2D eigenvalue weighted by molar-refractivity contribution is -0.115. The number of carbonyl (C=O) groups is 2. The molecule has 0 saturated carbocycles. The maximum absolute atomic E-state index is 12.9. The first kappa shape index (κ1) is 21.4. The Morgan fingerprint density at radius 1 is 1.17 bits per heavy atom. The van der Waals surface area contributed by atoms with E-state index in [0.717, 1.165) is 29.4 Å². The van der Waals surface area contributed by atoms with E-state index in [1.165, 1.54) is 12.1 Å². The Hall–Kier alpha value is -3.29. The van der Waals surface area contributed by atoms with Crippen molar-refractivity contribution in [1.82, 2.24) is 14.9 Å². The van der Waals surface area contributed by atoms with Gasteiger partial charge in [0.05, 0.1) is 24.9 Å². The summed E-state index contributed by atoms with van der Waals surface area (Å²) in [7, 11) is 0. The third kappa shape index (κ3) is 6.10. The van der Waals surface area contributed by atoms with E-state index in [-0.39, 0.29) is 18.4 Å². The maximum Gasteiger partial charge on any atom is 0.410 e. The van der Waals surface area contributed by atoms with Gasteiger partial charge in [0.2, 0.25) is 5.91 Å². The summed E-state index contributed by atoms with van der Waals surface area (Å²) in [6.45, 7) is 6.56. The zero-order valence-corrected chi connectivity index (χ0v) is 17.3. The van der Waals surface area contributed by atoms with Gasteiger partial charge in [0.15, 0.2) is 0 Å². The smallest absolute Gasteiger partial charge is 0.410 e. The molecule has 7 nitrogen and oxygen atoms in total. The highest BCUT2D eigenvalue weighted by molar-refractivity contribution is 5.91. The van der Waals surface area contributed by atoms with E-state index in [1.54, 1.807) is 11.1 Å². The van der Waals surface area contributed by atoms with Crippen molar-refractivity contribution in [3.05, 3.63) is 59.8 Å². The van der Waals surface area contributed by atoms with Gasteiger partial charge < -0.3 is 15.0 Å². The quantitative estimate of drug-likeness (QED) is 0.825. The number of pyridine rings is 2. The summed E-state index contributed by atoms with van der Waals surface area (Å²) in [4.78, 5) is 34.4. The van der Waals surface area contributed by atoms with Gasteiger partial charge in [-0.15, -0.1) is 0 Å². The van der Waals surface area contributed by atoms with Crippen molar-refractivity contribution < 1.29 is 18.7 Å². The Morgan fingerprint density at radius 2 is 1.97 bits per heavy atom. The largest absolute Gasteiger partial charge is 0.444 e. The third-order valence-electron chi connectivity index (χ3n) is 4.32. The van der Waals surface area contributed by atoms with Gasteiger partial charge in [-0.1, -0.05) is 12.1 Å². The summed E-state index contributed by atoms with van der Waals surface area (Å²) in [6.07, 6.45) is 5.26. The van der Waals surface area contributed by atoms with Crippen LogP contribution in [0.3, 0.4) is 0 Å². The van der Waals surface area contributed by atoms with Crippen LogP contribution in [0.1, 0.15) is 38.4 Å². The molecule has 3 heterocycles. The Bertz CT molecular complexity index is 934. The molecule has 0 bridgehead atoms. The number of aromatic nitrogens is 2. The van der Waals surface area contributed by atoms with Gasteiger partial charge in [-0.2, -0.15) is 0 Å². The molecule has 2 amide bonds. The molecule has 2 aromatic rings. The van der Waals surface area contributed by atoms with Crippen LogP contribution < -0.4 is 5.32 Å². The topological polar surface area (TPSA) is 84.4 Å². The average Bonchev–Trinajstić information content (AvgIpc) is 2.69. The number of nitrogens with zero attached hydrogens (tertiary/aromatic N) is 3. The molecule has 8 heteroatoms. The van der Waals surface area contributed by atoms with Gasteiger partial charge in [0, 0.05) is 12.7 Å². The predicted molar refractivity (Wildman–Crippen MR) is 111 cm³/mol. The van der Waals surface area contributed by atoms with Crippen LogP contribution in [0.2, 0.25) is 0 Å². The highest BCUT2D eigenvalue weighted by atomic mass is 19.1. The van der Waals surface area contributed by atoms with Gasteiger partial charge in [-0.3, -0.25) is 9.78 Å². The fraction of sp³-hybridized carbons (Fsp3) is 0.364. The molecule has 0 saturated heterocycles. The highest BCUT2D eigenvalue weighted by Crippen LogP contribution is 2.21. The molecule has 158 valence electrons. The third-order valence-corrected chi connectivity index (χ3v) is 4.32. The number of amides is 2. The van der Waals surface area contributed by atoms with Crippen LogP contribution in [0.4, 0.5) is 15.0 Å². The summed E-state index contributed by atoms with van der Waals surface area (Å²) < 4.78 is 18.3. The summed E-state index contributed by atoms with van der Waals surface area (Å²) in [5.74, 6) is -0.438. The number of hydrogen-bond acceptors (Lipinski definition) is 5. The molecule has 30 heavy (non-hydrogen) atoms. The number of halogens is 1. The SMILES string of the molecule is CC(C)(C)OC(=O)N1CCC=C(c2ccc(CC(=O)Nc3ccc(F)cn3)cn2)C1. The van der Waals surface area contributed by atoms with Crippen molar-refractivity contribution >= 4 is 23.4 Å². The lowest BCUT2D eigenvalue weighted by Gasteiger charge is -2.30. The molecule has 0 radical (unpaired) electrons. The number of anilines is 1. The van der Waals surface area contributed by atoms with Crippen LogP contribution in [0.15, 0.2) is 42.7 Å². The van der Waals surface area contributed by atoms with Gasteiger partial charge >= 0.3 is 6.09 Å². The van der Waals surface area contributed by atoms with Crippen molar-refractivity contribution in [2.75, 3.05) is 18.4 Å². The van der Waals surface area contributed by atoms with Crippen LogP contribution in [0.5, 0.6) is 0 Å². The highest BCUT2D eigenvalue weighted by Gasteiger charge is 2.25. The van der Waals surface area contributed by atoms with Gasteiger partial charge in [-0.25, -0.2) is 14.2 Å². The lowest BCUT2D eigenvalue weighted by atomic mass is 10.0. The first-order chi connectivity index (χ1) is 14.2. The molecule has 0 fully saturated rings. The van der Waals surface area contributed by atoms with E-state index in [9.17, 15) is 14.0 Å². The zero-order valence-electron chi connectivity index (χ0n) is 17.3. The molecule has 1 aliphatic rings. The normalized spacial score (nSPS) is 14.1. The van der Waals surface area contributed by atoms with E-state index in [2.05, 4.69) is 21.4 Å². The van der Waals surface area contributed by atoms with E-state index in [0.29, 0.717) is 18.9 Å². The van der Waals surface area contributed by atoms with E-state index >= 15 is 0 Å². The van der Waals surface area contributed by atoms with E-state index in [4.69, 9.17) is 4.74 Å². The molecule has 0 spiro atoms. The summed E-state index contributed by atoms with van der Waals surface area (Å²) in [5, 5.41) is 2.62. The first-order valence-electron chi connectivity index (χ1n) is 9.73. The summed E-state index contributed by atoms with van der Waals surface area (Å²) in [5.41, 5.74) is 1.90. The van der Waals surface area contributed by atoms with Crippen LogP contribution in [0.25, 0.3) is 5.57 Å². The predicted octanol–water partition coefficient (Wildman–Crippen LogP) is 3.82. The second kappa shape index (κ2) is 9.02. The summed E-state index contributed by atoms with van der Waals surface area (Å²) in [6, 6.07) is 6.30. The zero-order chi connectivity index (χ0) is 21.7. The number of rotatable bonds is 4. The van der Waals surface area contributed by atoms with Crippen LogP contribution >= 0.6 is 0 Å². The molecule has 1 aliphatic heterocycles. The minimum absolute atomic E-state index is 0.120. The fourth-order valence-corrected chi connectivity index (χ4v) is 2.95. The second-order valence-corrected chi connectivity index (χ2v) is 8.06. The maximum atomic E-state index is 12.9. The van der Waals surface area contributed by atoms with Crippen LogP contribution in [-0.4, -0.2) is 45.6 Å². The van der Waals surface area contributed by atoms with E-state index < -0.39 is 11.4 Å². The fourth-order valence-electron chi connectivity index (χ4n) is 2.95. The lowest BCUT2D eigenvalue weighted by Crippen LogP contribution is -2.39. The van der Waals surface area contributed by atoms with Crippen molar-refractivity contribution in [2.45, 2.75) is 39.2 Å². The van der Waals surface area contributed by atoms with E-state index in [1.807, 2.05) is 32.9 Å². The molecule has 0 aromatic carbocycles. The van der Waals surface area contributed by atoms with Crippen molar-refractivity contribution in [2.24, 2.45) is 0 Å². The van der Waals surface area contributed by atoms with Gasteiger partial charge in [0.25, 0.3) is 0 Å².